The molecular formula is C18H21FN4OS. The van der Waals surface area contributed by atoms with Crippen molar-refractivity contribution in [2.45, 2.75) is 38.7 Å². The molecular weight excluding hydrogens is 339 g/mol. The first kappa shape index (κ1) is 16.5. The fourth-order valence-electron chi connectivity index (χ4n) is 3.40. The normalized spacial score (nSPS) is 23.9. The topological polar surface area (TPSA) is 62.5 Å². The van der Waals surface area contributed by atoms with Gasteiger partial charge in [0.25, 0.3) is 0 Å². The van der Waals surface area contributed by atoms with Crippen LogP contribution in [0.5, 0.6) is 0 Å². The van der Waals surface area contributed by atoms with Gasteiger partial charge in [-0.05, 0) is 37.1 Å². The Kier molecular flexibility index (Phi) is 4.21. The highest BCUT2D eigenvalue weighted by atomic mass is 32.1. The predicted octanol–water partition coefficient (Wildman–Crippen LogP) is 3.95. The van der Waals surface area contributed by atoms with Gasteiger partial charge in [-0.3, -0.25) is 0 Å². The molecule has 7 heteroatoms. The zero-order valence-corrected chi connectivity index (χ0v) is 14.9. The molecule has 0 amide bonds. The van der Waals surface area contributed by atoms with Crippen molar-refractivity contribution in [1.29, 1.82) is 0 Å². The lowest BCUT2D eigenvalue weighted by Crippen LogP contribution is -2.41. The number of anilines is 1. The Morgan fingerprint density at radius 3 is 2.88 bits per heavy atom. The molecule has 1 aliphatic carbocycles. The van der Waals surface area contributed by atoms with Gasteiger partial charge in [-0.2, -0.15) is 0 Å². The van der Waals surface area contributed by atoms with E-state index >= 15 is 0 Å². The number of hydrogen-bond acceptors (Lipinski definition) is 5. The van der Waals surface area contributed by atoms with Gasteiger partial charge in [0, 0.05) is 17.5 Å². The molecule has 1 saturated carbocycles. The summed E-state index contributed by atoms with van der Waals surface area (Å²) in [6, 6.07) is 6.29. The van der Waals surface area contributed by atoms with E-state index in [1.807, 2.05) is 6.20 Å². The fraction of sp³-hybridized carbons (Fsp3) is 0.444. The summed E-state index contributed by atoms with van der Waals surface area (Å²) in [6.07, 6.45) is 5.76. The molecule has 0 aliphatic heterocycles. The van der Waals surface area contributed by atoms with Crippen LogP contribution in [-0.2, 0) is 0 Å². The van der Waals surface area contributed by atoms with Gasteiger partial charge in [0.05, 0.1) is 18.0 Å². The SMILES string of the molecule is CC1(CNc2nn3cc(-c4ccc(F)cc4)nc3s2)CCCCC1O. The number of imidazole rings is 1. The van der Waals surface area contributed by atoms with Gasteiger partial charge in [0.2, 0.25) is 10.1 Å². The average molecular weight is 360 g/mol. The molecule has 2 heterocycles. The van der Waals surface area contributed by atoms with Crippen LogP contribution in [0.4, 0.5) is 9.52 Å². The number of aromatic nitrogens is 3. The summed E-state index contributed by atoms with van der Waals surface area (Å²) in [6.45, 7) is 2.84. The van der Waals surface area contributed by atoms with Gasteiger partial charge in [-0.1, -0.05) is 31.1 Å². The third-order valence-electron chi connectivity index (χ3n) is 5.11. The van der Waals surface area contributed by atoms with E-state index < -0.39 is 0 Å². The van der Waals surface area contributed by atoms with Crippen molar-refractivity contribution in [2.75, 3.05) is 11.9 Å². The summed E-state index contributed by atoms with van der Waals surface area (Å²) in [5.74, 6) is -0.257. The molecule has 4 rings (SSSR count). The number of aliphatic hydroxyl groups excluding tert-OH is 1. The van der Waals surface area contributed by atoms with Crippen LogP contribution in [0.25, 0.3) is 16.2 Å². The molecule has 1 aliphatic rings. The Morgan fingerprint density at radius 2 is 2.16 bits per heavy atom. The summed E-state index contributed by atoms with van der Waals surface area (Å²) in [7, 11) is 0. The molecule has 25 heavy (non-hydrogen) atoms. The number of aliphatic hydroxyl groups is 1. The molecule has 1 aromatic carbocycles. The van der Waals surface area contributed by atoms with Gasteiger partial charge >= 0.3 is 0 Å². The lowest BCUT2D eigenvalue weighted by atomic mass is 9.73. The largest absolute Gasteiger partial charge is 0.392 e. The highest BCUT2D eigenvalue weighted by Gasteiger charge is 2.35. The van der Waals surface area contributed by atoms with E-state index in [-0.39, 0.29) is 17.3 Å². The molecule has 5 nitrogen and oxygen atoms in total. The molecule has 2 aromatic heterocycles. The highest BCUT2D eigenvalue weighted by molar-refractivity contribution is 7.20. The van der Waals surface area contributed by atoms with Gasteiger partial charge in [0.1, 0.15) is 5.82 Å². The molecule has 0 bridgehead atoms. The summed E-state index contributed by atoms with van der Waals surface area (Å²) in [4.78, 5) is 5.36. The van der Waals surface area contributed by atoms with Crippen molar-refractivity contribution < 1.29 is 9.50 Å². The zero-order valence-electron chi connectivity index (χ0n) is 14.1. The van der Waals surface area contributed by atoms with Crippen LogP contribution < -0.4 is 5.32 Å². The Labute approximate surface area is 149 Å². The van der Waals surface area contributed by atoms with Crippen molar-refractivity contribution in [1.82, 2.24) is 14.6 Å². The predicted molar refractivity (Wildman–Crippen MR) is 97.3 cm³/mol. The first-order valence-corrected chi connectivity index (χ1v) is 9.39. The Hall–Kier alpha value is -1.99. The molecule has 0 spiro atoms. The standard InChI is InChI=1S/C18H21FN4OS/c1-18(9-3-2-4-15(18)24)11-20-16-22-23-10-14(21-17(23)25-16)12-5-7-13(19)8-6-12/h5-8,10,15,24H,2-4,9,11H2,1H3,(H,20,22). The summed E-state index contributed by atoms with van der Waals surface area (Å²) < 4.78 is 14.8. The van der Waals surface area contributed by atoms with Gasteiger partial charge in [0.15, 0.2) is 0 Å². The number of hydrogen-bond donors (Lipinski definition) is 2. The first-order valence-electron chi connectivity index (χ1n) is 8.58. The molecule has 0 saturated heterocycles. The van der Waals surface area contributed by atoms with Crippen LogP contribution >= 0.6 is 11.3 Å². The third-order valence-corrected chi connectivity index (χ3v) is 5.99. The van der Waals surface area contributed by atoms with E-state index in [0.717, 1.165) is 47.0 Å². The van der Waals surface area contributed by atoms with Crippen molar-refractivity contribution in [3.8, 4) is 11.3 Å². The average Bonchev–Trinajstić information content (AvgIpc) is 3.15. The number of fused-ring (bicyclic) bond motifs is 1. The monoisotopic (exact) mass is 360 g/mol. The van der Waals surface area contributed by atoms with Crippen LogP contribution in [0.2, 0.25) is 0 Å². The number of nitrogens with one attached hydrogen (secondary N) is 1. The molecule has 1 fully saturated rings. The minimum Gasteiger partial charge on any atom is -0.392 e. The van der Waals surface area contributed by atoms with Gasteiger partial charge in [-0.25, -0.2) is 13.9 Å². The second kappa shape index (κ2) is 6.38. The van der Waals surface area contributed by atoms with Crippen LogP contribution in [0, 0.1) is 11.2 Å². The molecule has 0 radical (unpaired) electrons. The van der Waals surface area contributed by atoms with E-state index in [2.05, 4.69) is 22.3 Å². The first-order chi connectivity index (χ1) is 12.0. The lowest BCUT2D eigenvalue weighted by molar-refractivity contribution is 0.00962. The third kappa shape index (κ3) is 3.26. The minimum absolute atomic E-state index is 0.106. The smallest absolute Gasteiger partial charge is 0.214 e. The molecule has 132 valence electrons. The fourth-order valence-corrected chi connectivity index (χ4v) is 4.17. The van der Waals surface area contributed by atoms with Gasteiger partial charge in [-0.15, -0.1) is 5.10 Å². The number of halogens is 1. The number of rotatable bonds is 4. The van der Waals surface area contributed by atoms with Crippen molar-refractivity contribution >= 4 is 21.4 Å². The van der Waals surface area contributed by atoms with E-state index in [1.165, 1.54) is 23.5 Å². The quantitative estimate of drug-likeness (QED) is 0.739. The summed E-state index contributed by atoms with van der Waals surface area (Å²) >= 11 is 1.48. The number of nitrogens with zero attached hydrogens (tertiary/aromatic N) is 3. The minimum atomic E-state index is -0.261. The maximum atomic E-state index is 13.0. The van der Waals surface area contributed by atoms with Crippen molar-refractivity contribution in [3.05, 3.63) is 36.3 Å². The maximum absolute atomic E-state index is 13.0. The maximum Gasteiger partial charge on any atom is 0.214 e. The van der Waals surface area contributed by atoms with Crippen LogP contribution in [0.1, 0.15) is 32.6 Å². The van der Waals surface area contributed by atoms with Crippen molar-refractivity contribution in [2.24, 2.45) is 5.41 Å². The Balaban J connectivity index is 1.49. The second-order valence-electron chi connectivity index (χ2n) is 7.04. The summed E-state index contributed by atoms with van der Waals surface area (Å²) in [5.41, 5.74) is 1.54. The van der Waals surface area contributed by atoms with Crippen LogP contribution in [0.15, 0.2) is 30.5 Å². The van der Waals surface area contributed by atoms with E-state index in [0.29, 0.717) is 6.54 Å². The van der Waals surface area contributed by atoms with E-state index in [4.69, 9.17) is 0 Å². The van der Waals surface area contributed by atoms with Crippen molar-refractivity contribution in [3.63, 3.8) is 0 Å². The lowest BCUT2D eigenvalue weighted by Gasteiger charge is -2.38. The molecule has 2 unspecified atom stereocenters. The van der Waals surface area contributed by atoms with E-state index in [1.54, 1.807) is 16.6 Å². The van der Waals surface area contributed by atoms with Crippen LogP contribution in [0.3, 0.4) is 0 Å². The Bertz CT molecular complexity index is 843. The molecule has 2 N–H and O–H groups in total. The molecule has 3 aromatic rings. The second-order valence-corrected chi connectivity index (χ2v) is 7.99. The van der Waals surface area contributed by atoms with Crippen LogP contribution in [-0.4, -0.2) is 32.4 Å². The number of benzene rings is 1. The van der Waals surface area contributed by atoms with E-state index in [9.17, 15) is 9.50 Å². The summed E-state index contributed by atoms with van der Waals surface area (Å²) in [5, 5.41) is 19.0. The highest BCUT2D eigenvalue weighted by Crippen LogP contribution is 2.36. The Morgan fingerprint density at radius 1 is 1.36 bits per heavy atom. The zero-order chi connectivity index (χ0) is 17.4. The van der Waals surface area contributed by atoms with Gasteiger partial charge < -0.3 is 10.4 Å². The molecule has 2 atom stereocenters.